The predicted molar refractivity (Wildman–Crippen MR) is 359 cm³/mol. The van der Waals surface area contributed by atoms with Crippen molar-refractivity contribution < 1.29 is 105 Å². The minimum absolute atomic E-state index is 0.0241. The fourth-order valence-corrected chi connectivity index (χ4v) is 13.5. The maximum atomic E-state index is 13.1. The first-order valence-corrected chi connectivity index (χ1v) is 34.8. The molecule has 6 aromatic carbocycles. The summed E-state index contributed by atoms with van der Waals surface area (Å²) in [6.07, 6.45) is -11.6. The Bertz CT molecular complexity index is 3820. The molecule has 6 aromatic rings. The Kier molecular flexibility index (Phi) is 26.5. The molecule has 4 unspecified atom stereocenters. The van der Waals surface area contributed by atoms with Gasteiger partial charge >= 0.3 is 36.9 Å². The van der Waals surface area contributed by atoms with E-state index in [0.717, 1.165) is 84.5 Å². The molecule has 5 amide bonds. The van der Waals surface area contributed by atoms with Gasteiger partial charge in [0, 0.05) is 62.5 Å². The SMILES string of the molecule is O=C(NCCCC1CCCOc2cc(C(F)(F)F)ccc21)OCc1ccccc1.O=C(OCc1ccccc1)N1CCN(C2CCCOc3cc(C(F)(F)F)ccc32)C(=O)C1.O=C1CNCCN1C1CCCOc2cc(C(F)(F)F)ccc21.O=C1CNCCN1C1CCCOc2cc(C(F)(F)F)ccc21. The molecular weight excluding hydrogens is 1400 g/mol. The van der Waals surface area contributed by atoms with Gasteiger partial charge in [-0.3, -0.25) is 19.3 Å². The van der Waals surface area contributed by atoms with Gasteiger partial charge in [-0.15, -0.1) is 0 Å². The molecule has 18 nitrogen and oxygen atoms in total. The lowest BCUT2D eigenvalue weighted by Gasteiger charge is -2.38. The van der Waals surface area contributed by atoms with E-state index in [1.807, 2.05) is 60.7 Å². The van der Waals surface area contributed by atoms with Gasteiger partial charge in [-0.05, 0) is 135 Å². The number of nitrogens with zero attached hydrogens (tertiary/aromatic N) is 4. The van der Waals surface area contributed by atoms with Gasteiger partial charge in [0.2, 0.25) is 17.7 Å². The number of halogens is 12. The van der Waals surface area contributed by atoms with Crippen LogP contribution < -0.4 is 34.9 Å². The molecule has 30 heteroatoms. The number of alkyl carbamates (subject to hydrolysis) is 1. The van der Waals surface area contributed by atoms with Crippen molar-refractivity contribution in [1.82, 2.24) is 35.6 Å². The van der Waals surface area contributed by atoms with Crippen molar-refractivity contribution >= 4 is 29.9 Å². The molecule has 3 saturated heterocycles. The fourth-order valence-electron chi connectivity index (χ4n) is 13.5. The number of ether oxygens (including phenoxy) is 6. The smallest absolute Gasteiger partial charge is 0.416 e. The minimum atomic E-state index is -4.47. The highest BCUT2D eigenvalue weighted by Gasteiger charge is 2.41. The number of piperazine rings is 3. The van der Waals surface area contributed by atoms with E-state index < -0.39 is 65.2 Å². The van der Waals surface area contributed by atoms with Crippen molar-refractivity contribution in [2.24, 2.45) is 0 Å². The van der Waals surface area contributed by atoms with Gasteiger partial charge < -0.3 is 59.1 Å². The molecule has 0 spiro atoms. The number of carbonyl (C=O) groups is 5. The Morgan fingerprint density at radius 3 is 1.21 bits per heavy atom. The molecule has 4 atom stereocenters. The summed E-state index contributed by atoms with van der Waals surface area (Å²) < 4.78 is 188. The summed E-state index contributed by atoms with van der Waals surface area (Å²) in [5.41, 5.74) is 1.54. The van der Waals surface area contributed by atoms with Crippen LogP contribution in [-0.2, 0) is 61.8 Å². The molecule has 3 fully saturated rings. The molecule has 566 valence electrons. The third-order valence-corrected chi connectivity index (χ3v) is 18.8. The molecule has 7 aliphatic heterocycles. The highest BCUT2D eigenvalue weighted by atomic mass is 19.4. The summed E-state index contributed by atoms with van der Waals surface area (Å²) in [5.74, 6) is 0.736. The standard InChI is InChI=1S/C23H23F3N2O4.C22H24F3NO3.2C15H17F3N2O2/c24-23(25,26)17-8-9-18-19(7-4-12-31-20(18)13-17)28-11-10-27(14-21(28)29)22(30)32-15-16-5-2-1-3-6-16;23-22(24,25)18-10-11-19-17(9-5-13-28-20(19)14-18)8-4-12-26-21(27)29-15-16-6-2-1-3-7-16;2*16-15(17,18)10-3-4-11-12(2-1-7-22-13(11)8-10)20-6-5-19-9-14(20)21/h1-3,5-6,8-9,13,19H,4,7,10-12,14-15H2;1-3,6-7,10-11,14,17H,4-5,8-9,12-13,15H2,(H,26,27);2*3-4,8,12,19H,1-2,5-7,9H2. The zero-order chi connectivity index (χ0) is 74.9. The molecule has 105 heavy (non-hydrogen) atoms. The molecule has 0 aliphatic carbocycles. The first kappa shape index (κ1) is 78.1. The predicted octanol–water partition coefficient (Wildman–Crippen LogP) is 14.8. The largest absolute Gasteiger partial charge is 0.493 e. The number of rotatable bonds is 11. The Balaban J connectivity index is 0.000000152. The van der Waals surface area contributed by atoms with E-state index in [0.29, 0.717) is 120 Å². The minimum Gasteiger partial charge on any atom is -0.493 e. The second kappa shape index (κ2) is 35.6. The van der Waals surface area contributed by atoms with Gasteiger partial charge in [0.1, 0.15) is 42.8 Å². The third kappa shape index (κ3) is 21.4. The van der Waals surface area contributed by atoms with Gasteiger partial charge in [0.15, 0.2) is 0 Å². The summed E-state index contributed by atoms with van der Waals surface area (Å²) in [6.45, 7) is 5.66. The number of hydrogen-bond donors (Lipinski definition) is 3. The van der Waals surface area contributed by atoms with Crippen molar-refractivity contribution in [2.45, 2.75) is 126 Å². The Morgan fingerprint density at radius 2 is 0.819 bits per heavy atom. The van der Waals surface area contributed by atoms with E-state index in [2.05, 4.69) is 16.0 Å². The van der Waals surface area contributed by atoms with Crippen LogP contribution in [0.5, 0.6) is 23.0 Å². The van der Waals surface area contributed by atoms with E-state index >= 15 is 0 Å². The van der Waals surface area contributed by atoms with Crippen molar-refractivity contribution in [3.8, 4) is 23.0 Å². The zero-order valence-corrected chi connectivity index (χ0v) is 57.2. The van der Waals surface area contributed by atoms with Crippen LogP contribution in [0.2, 0.25) is 0 Å². The lowest BCUT2D eigenvalue weighted by molar-refractivity contribution is -0.139. The van der Waals surface area contributed by atoms with Crippen LogP contribution >= 0.6 is 0 Å². The average molecular weight is 1480 g/mol. The second-order valence-corrected chi connectivity index (χ2v) is 25.9. The number of benzene rings is 6. The van der Waals surface area contributed by atoms with E-state index in [1.165, 1.54) is 29.2 Å². The van der Waals surface area contributed by atoms with Gasteiger partial charge in [-0.2, -0.15) is 52.7 Å². The Labute approximate surface area is 598 Å². The summed E-state index contributed by atoms with van der Waals surface area (Å²) in [4.78, 5) is 67.7. The van der Waals surface area contributed by atoms with Gasteiger partial charge in [0.05, 0.1) is 79.9 Å². The van der Waals surface area contributed by atoms with Crippen LogP contribution in [0.15, 0.2) is 133 Å². The highest BCUT2D eigenvalue weighted by molar-refractivity contribution is 5.84. The number of fused-ring (bicyclic) bond motifs is 4. The van der Waals surface area contributed by atoms with E-state index in [4.69, 9.17) is 28.4 Å². The average Bonchev–Trinajstić information content (AvgIpc) is 1.80. The van der Waals surface area contributed by atoms with Crippen LogP contribution in [0.25, 0.3) is 0 Å². The van der Waals surface area contributed by atoms with E-state index in [-0.39, 0.29) is 106 Å². The molecule has 0 saturated carbocycles. The molecule has 7 heterocycles. The molecular formula is C75H81F12N7O11. The first-order chi connectivity index (χ1) is 50.2. The lowest BCUT2D eigenvalue weighted by Crippen LogP contribution is -2.53. The number of amides is 5. The summed E-state index contributed by atoms with van der Waals surface area (Å²) in [5, 5.41) is 8.72. The Morgan fingerprint density at radius 1 is 0.448 bits per heavy atom. The zero-order valence-electron chi connectivity index (χ0n) is 57.2. The number of alkyl halides is 12. The van der Waals surface area contributed by atoms with Crippen LogP contribution in [0, 0.1) is 0 Å². The monoisotopic (exact) mass is 1480 g/mol. The molecule has 0 radical (unpaired) electrons. The van der Waals surface area contributed by atoms with Crippen molar-refractivity contribution in [3.63, 3.8) is 0 Å². The van der Waals surface area contributed by atoms with Gasteiger partial charge in [0.25, 0.3) is 0 Å². The molecule has 3 N–H and O–H groups in total. The molecule has 7 aliphatic rings. The summed E-state index contributed by atoms with van der Waals surface area (Å²) >= 11 is 0. The van der Waals surface area contributed by atoms with Crippen LogP contribution in [0.4, 0.5) is 62.3 Å². The number of carbonyl (C=O) groups excluding carboxylic acids is 5. The second-order valence-electron chi connectivity index (χ2n) is 25.9. The highest BCUT2D eigenvalue weighted by Crippen LogP contribution is 2.45. The van der Waals surface area contributed by atoms with Crippen molar-refractivity contribution in [2.75, 3.05) is 91.9 Å². The number of hydrogen-bond acceptors (Lipinski definition) is 13. The van der Waals surface area contributed by atoms with E-state index in [9.17, 15) is 76.7 Å². The van der Waals surface area contributed by atoms with Crippen LogP contribution in [-0.4, -0.2) is 141 Å². The summed E-state index contributed by atoms with van der Waals surface area (Å²) in [6, 6.07) is 32.0. The van der Waals surface area contributed by atoms with Crippen LogP contribution in [0.1, 0.15) is 144 Å². The maximum absolute atomic E-state index is 13.1. The Hall–Kier alpha value is -9.45. The third-order valence-electron chi connectivity index (χ3n) is 18.8. The number of nitrogens with one attached hydrogen (secondary N) is 3. The topological polar surface area (TPSA) is 190 Å². The fraction of sp³-hybridized carbons (Fsp3) is 0.453. The normalized spacial score (nSPS) is 19.9. The maximum Gasteiger partial charge on any atom is 0.416 e. The lowest BCUT2D eigenvalue weighted by atomic mass is 9.89. The van der Waals surface area contributed by atoms with Gasteiger partial charge in [-0.1, -0.05) is 84.9 Å². The molecule has 0 bridgehead atoms. The van der Waals surface area contributed by atoms with Crippen LogP contribution in [0.3, 0.4) is 0 Å². The summed E-state index contributed by atoms with van der Waals surface area (Å²) in [7, 11) is 0. The first-order valence-electron chi connectivity index (χ1n) is 34.8. The van der Waals surface area contributed by atoms with Crippen molar-refractivity contribution in [1.29, 1.82) is 0 Å². The molecule has 13 rings (SSSR count). The van der Waals surface area contributed by atoms with Crippen molar-refractivity contribution in [3.05, 3.63) is 189 Å². The van der Waals surface area contributed by atoms with E-state index in [1.54, 1.807) is 14.7 Å². The quantitative estimate of drug-likeness (QED) is 0.0821. The molecule has 0 aromatic heterocycles. The van der Waals surface area contributed by atoms with Gasteiger partial charge in [-0.25, -0.2) is 9.59 Å².